The van der Waals surface area contributed by atoms with Gasteiger partial charge in [0, 0.05) is 148 Å². The summed E-state index contributed by atoms with van der Waals surface area (Å²) in [5.41, 5.74) is 7.31. The minimum atomic E-state index is -0.724. The van der Waals surface area contributed by atoms with E-state index in [0.717, 1.165) is 80.5 Å². The summed E-state index contributed by atoms with van der Waals surface area (Å²) in [6.07, 6.45) is 17.7. The van der Waals surface area contributed by atoms with Gasteiger partial charge in [-0.05, 0) is 74.2 Å². The van der Waals surface area contributed by atoms with Crippen LogP contribution >= 0.6 is 47.0 Å². The van der Waals surface area contributed by atoms with Crippen LogP contribution in [0.3, 0.4) is 0 Å². The Bertz CT molecular complexity index is 3640. The van der Waals surface area contributed by atoms with Crippen molar-refractivity contribution >= 4 is 98.9 Å². The Balaban J connectivity index is 0.757. The number of ether oxygens (including phenoxy) is 10. The minimum Gasteiger partial charge on any atom is -0.381 e. The van der Waals surface area contributed by atoms with Crippen molar-refractivity contribution in [2.45, 2.75) is 148 Å². The van der Waals surface area contributed by atoms with Crippen molar-refractivity contribution < 1.29 is 66.5 Å². The second kappa shape index (κ2) is 54.2. The second-order valence-corrected chi connectivity index (χ2v) is 31.1. The smallest absolute Gasteiger partial charge is 0.194 e. The van der Waals surface area contributed by atoms with Gasteiger partial charge in [0.1, 0.15) is 31.4 Å². The molecule has 111 heavy (non-hydrogen) atoms. The maximum atomic E-state index is 12.8. The van der Waals surface area contributed by atoms with Crippen molar-refractivity contribution in [1.82, 2.24) is 60.0 Å². The highest BCUT2D eigenvalue weighted by Gasteiger charge is 2.33. The zero-order chi connectivity index (χ0) is 78.0. The molecule has 596 valence electrons. The molecule has 0 fully saturated rings. The summed E-state index contributed by atoms with van der Waals surface area (Å²) < 4.78 is 68.4. The van der Waals surface area contributed by atoms with Gasteiger partial charge < -0.3 is 47.4 Å². The summed E-state index contributed by atoms with van der Waals surface area (Å²) in [6, 6.07) is 32.4. The Morgan fingerprint density at radius 1 is 0.288 bits per heavy atom. The predicted octanol–water partition coefficient (Wildman–Crippen LogP) is 6.40. The molecule has 0 saturated heterocycles. The summed E-state index contributed by atoms with van der Waals surface area (Å²) in [5.74, 6) is 0. The van der Waals surface area contributed by atoms with Gasteiger partial charge in [-0.3, -0.25) is 28.5 Å². The highest BCUT2D eigenvalue weighted by Crippen LogP contribution is 2.27. The van der Waals surface area contributed by atoms with Crippen molar-refractivity contribution in [3.05, 3.63) is 167 Å². The van der Waals surface area contributed by atoms with E-state index in [1.807, 2.05) is 73.3 Å². The fraction of sp³-hybridized carbons (Fsp3) is 0.532. The van der Waals surface area contributed by atoms with Gasteiger partial charge in [-0.1, -0.05) is 164 Å². The molecule has 0 amide bonds. The quantitative estimate of drug-likeness (QED) is 0.0226. The van der Waals surface area contributed by atoms with Gasteiger partial charge in [-0.2, -0.15) is 0 Å². The molecule has 0 aliphatic heterocycles. The number of hydrogen-bond acceptors (Lipinski definition) is 26. The van der Waals surface area contributed by atoms with Crippen LogP contribution in [-0.2, 0) is 144 Å². The summed E-state index contributed by atoms with van der Waals surface area (Å²) in [4.78, 5) is 54.6. The van der Waals surface area contributed by atoms with Crippen LogP contribution in [0, 0.1) is 5.41 Å². The molecule has 0 spiro atoms. The van der Waals surface area contributed by atoms with Crippen LogP contribution in [0.1, 0.15) is 96.4 Å². The molecule has 4 aromatic carbocycles. The predicted molar refractivity (Wildman–Crippen MR) is 441 cm³/mol. The fourth-order valence-corrected chi connectivity index (χ4v) is 14.0. The Morgan fingerprint density at radius 3 is 0.784 bits per heavy atom. The fourth-order valence-electron chi connectivity index (χ4n) is 11.1. The molecule has 8 rings (SSSR count). The third-order valence-corrected chi connectivity index (χ3v) is 21.3. The summed E-state index contributed by atoms with van der Waals surface area (Å²) in [7, 11) is 8.44. The molecule has 26 nitrogen and oxygen atoms in total. The summed E-state index contributed by atoms with van der Waals surface area (Å²) >= 11 is 5.03. The molecule has 0 aliphatic carbocycles. The highest BCUT2D eigenvalue weighted by atomic mass is 32.2. The van der Waals surface area contributed by atoms with E-state index < -0.39 is 5.41 Å². The normalized spacial score (nSPS) is 11.7. The number of nitrogens with zero attached hydrogens (tertiary/aromatic N) is 12. The molecule has 0 unspecified atom stereocenters. The van der Waals surface area contributed by atoms with Crippen molar-refractivity contribution in [3.8, 4) is 0 Å². The molecule has 34 heteroatoms. The summed E-state index contributed by atoms with van der Waals surface area (Å²) in [5, 5.41) is 34.5. The Hall–Kier alpha value is -6.62. The van der Waals surface area contributed by atoms with Gasteiger partial charge in [0.2, 0.25) is 0 Å². The highest BCUT2D eigenvalue weighted by molar-refractivity contribution is 8.14. The number of thioether (sulfide) groups is 4. The van der Waals surface area contributed by atoms with Gasteiger partial charge in [0.25, 0.3) is 0 Å². The number of aryl methyl sites for hydroxylation is 6. The number of hydrogen-bond donors (Lipinski definition) is 0. The first kappa shape index (κ1) is 89.9. The van der Waals surface area contributed by atoms with Crippen molar-refractivity contribution in [3.63, 3.8) is 0 Å². The average Bonchev–Trinajstić information content (AvgIpc) is 1.82. The lowest BCUT2D eigenvalue weighted by Gasteiger charge is -2.33. The van der Waals surface area contributed by atoms with E-state index in [2.05, 4.69) is 121 Å². The number of aromatic nitrogens is 12. The molecular weight excluding hydrogens is 1490 g/mol. The number of benzene rings is 4. The molecule has 0 saturated carbocycles. The van der Waals surface area contributed by atoms with Crippen molar-refractivity contribution in [2.24, 2.45) is 5.41 Å². The first-order valence-electron chi connectivity index (χ1n) is 38.9. The lowest BCUT2D eigenvalue weighted by Crippen LogP contribution is -2.42. The first-order chi connectivity index (χ1) is 54.4. The van der Waals surface area contributed by atoms with Crippen LogP contribution in [0.5, 0.6) is 0 Å². The van der Waals surface area contributed by atoms with E-state index in [1.54, 1.807) is 18.7 Å². The van der Waals surface area contributed by atoms with E-state index in [4.69, 9.17) is 47.4 Å². The lowest BCUT2D eigenvalue weighted by atomic mass is 9.92. The summed E-state index contributed by atoms with van der Waals surface area (Å²) in [6.45, 7) is 9.92. The van der Waals surface area contributed by atoms with E-state index in [1.165, 1.54) is 69.3 Å². The van der Waals surface area contributed by atoms with Crippen LogP contribution in [-0.4, -0.2) is 244 Å². The second-order valence-electron chi connectivity index (χ2n) is 26.6. The Labute approximate surface area is 673 Å². The third-order valence-electron chi connectivity index (χ3n) is 17.5. The van der Waals surface area contributed by atoms with Crippen LogP contribution in [0.15, 0.2) is 141 Å². The first-order valence-corrected chi connectivity index (χ1v) is 42.2. The van der Waals surface area contributed by atoms with E-state index in [0.29, 0.717) is 196 Å². The van der Waals surface area contributed by atoms with Gasteiger partial charge in [-0.25, -0.2) is 9.36 Å². The van der Waals surface area contributed by atoms with Crippen LogP contribution < -0.4 is 0 Å². The zero-order valence-electron chi connectivity index (χ0n) is 65.0. The van der Waals surface area contributed by atoms with Crippen LogP contribution in [0.2, 0.25) is 0 Å². The maximum Gasteiger partial charge on any atom is 0.194 e. The van der Waals surface area contributed by atoms with Gasteiger partial charge in [0.15, 0.2) is 20.5 Å². The van der Waals surface area contributed by atoms with E-state index >= 15 is 0 Å². The molecule has 0 bridgehead atoms. The lowest BCUT2D eigenvalue weighted by molar-refractivity contribution is -0.117. The van der Waals surface area contributed by atoms with Crippen molar-refractivity contribution in [2.75, 3.05) is 132 Å². The number of rotatable bonds is 62. The maximum absolute atomic E-state index is 12.8. The van der Waals surface area contributed by atoms with Gasteiger partial charge in [0.05, 0.1) is 134 Å². The number of carbonyl (C=O) groups is 4. The molecule has 0 radical (unpaired) electrons. The molecular formula is C77H108B4N12O14S4. The molecule has 8 aromatic rings. The third kappa shape index (κ3) is 37.9. The largest absolute Gasteiger partial charge is 0.381 e. The van der Waals surface area contributed by atoms with Crippen LogP contribution in [0.4, 0.5) is 0 Å². The van der Waals surface area contributed by atoms with Gasteiger partial charge >= 0.3 is 0 Å². The van der Waals surface area contributed by atoms with Gasteiger partial charge in [-0.15, -0.1) is 20.4 Å². The van der Waals surface area contributed by atoms with Crippen molar-refractivity contribution in [1.29, 1.82) is 0 Å². The monoisotopic (exact) mass is 1600 g/mol. The van der Waals surface area contributed by atoms with Crippen LogP contribution in [0.25, 0.3) is 0 Å². The zero-order valence-corrected chi connectivity index (χ0v) is 68.3. The molecule has 0 atom stereocenters. The molecule has 0 aliphatic rings. The Kier molecular flexibility index (Phi) is 43.9. The van der Waals surface area contributed by atoms with E-state index in [-0.39, 0.29) is 46.9 Å². The SMILES string of the molecule is BCc1ccc(SC(=O)CCc2cn(CCCOCCOCCCOCC(COCCCOCCOCCCn3cc(CCC(=O)Sc4ccc(CB)cc4)nn3)(COCCOCCn3cc(CCC(=O)Sc4ccc(CB)cc4)nn3)COCCOCCn3cc(CCC(=O)Sc4ccc(CB)cc4)nn3)nn2)cc1. The molecule has 0 N–H and O–H groups in total. The molecule has 4 heterocycles. The van der Waals surface area contributed by atoms with E-state index in [9.17, 15) is 19.2 Å². The number of carbonyl (C=O) groups excluding carboxylic acids is 4. The molecule has 4 aromatic heterocycles. The minimum absolute atomic E-state index is 0.0789. The average molecular weight is 1600 g/mol. The topological polar surface area (TPSA) is 283 Å². The Morgan fingerprint density at radius 2 is 0.514 bits per heavy atom. The standard InChI is InChI=1S/C77H108B4N12O14S4/c78-49-61-5-17-69(18-6-61)108-73(94)25-13-65-53-90(86-82-65)29-1-33-98-41-43-100-35-3-37-104-57-77(59-106-47-45-102-39-31-92-55-67(84-88-92)15-27-75(96)110-71-21-9-63(51-80)10-22-71,60-107-48-46-103-40-32-93-56-68(85-89-93)16-28-76(97)111-72-23-11-64(52-81)12-24-72)58-105-38-4-36-101-44-42-99-34-2-30-91-54-66(83-87-91)14-26-74(95)109-70-19-7-62(50-79)8-20-70/h5-12,17-24,53-56H,1-4,13-16,25-52,57-60,78-81H2.